The fourth-order valence-electron chi connectivity index (χ4n) is 5.01. The predicted molar refractivity (Wildman–Crippen MR) is 131 cm³/mol. The Bertz CT molecular complexity index is 510. The van der Waals surface area contributed by atoms with E-state index in [2.05, 4.69) is 12.2 Å². The minimum absolute atomic E-state index is 0.0215. The van der Waals surface area contributed by atoms with Gasteiger partial charge in [0, 0.05) is 25.0 Å². The number of aliphatic hydroxyl groups is 1. The first-order valence-electron chi connectivity index (χ1n) is 13.6. The van der Waals surface area contributed by atoms with E-state index in [1.807, 2.05) is 12.2 Å². The van der Waals surface area contributed by atoms with Gasteiger partial charge in [-0.3, -0.25) is 0 Å². The van der Waals surface area contributed by atoms with Gasteiger partial charge in [0.1, 0.15) is 0 Å². The summed E-state index contributed by atoms with van der Waals surface area (Å²) in [5.41, 5.74) is 0. The van der Waals surface area contributed by atoms with Gasteiger partial charge in [-0.25, -0.2) is 4.79 Å². The van der Waals surface area contributed by atoms with E-state index >= 15 is 0 Å². The van der Waals surface area contributed by atoms with Crippen LogP contribution in [0, 0.1) is 11.8 Å². The summed E-state index contributed by atoms with van der Waals surface area (Å²) < 4.78 is 11.1. The molecule has 0 aromatic heterocycles. The highest BCUT2D eigenvalue weighted by Crippen LogP contribution is 2.38. The van der Waals surface area contributed by atoms with Gasteiger partial charge in [0.2, 0.25) is 0 Å². The molecule has 0 radical (unpaired) electrons. The predicted octanol–water partition coefficient (Wildman–Crippen LogP) is 6.54. The molecule has 1 fully saturated rings. The van der Waals surface area contributed by atoms with Gasteiger partial charge >= 0.3 is 6.09 Å². The van der Waals surface area contributed by atoms with Gasteiger partial charge in [-0.1, -0.05) is 115 Å². The fraction of sp³-hybridized carbons (Fsp3) is 0.889. The van der Waals surface area contributed by atoms with E-state index < -0.39 is 0 Å². The lowest BCUT2D eigenvalue weighted by Crippen LogP contribution is -2.34. The average Bonchev–Trinajstić information content (AvgIpc) is 3.41. The van der Waals surface area contributed by atoms with Crippen molar-refractivity contribution < 1.29 is 19.4 Å². The number of nitrogens with one attached hydrogen (secondary N) is 1. The van der Waals surface area contributed by atoms with E-state index in [1.54, 1.807) is 0 Å². The molecule has 2 N–H and O–H groups in total. The summed E-state index contributed by atoms with van der Waals surface area (Å²) in [7, 11) is 0. The average molecular weight is 452 g/mol. The SMILES string of the molecule is CCCCCCCCCCCCCCCCCCNC(=O)OC[C@@H]1[C@H](CO)[C@@H]2C=C[C@H]1O2. The summed E-state index contributed by atoms with van der Waals surface area (Å²) in [6.45, 7) is 3.33. The molecule has 4 atom stereocenters. The number of amides is 1. The molecule has 0 saturated carbocycles. The normalized spacial score (nSPS) is 23.7. The lowest BCUT2D eigenvalue weighted by Gasteiger charge is -2.22. The number of alkyl carbamates (subject to hydrolysis) is 1. The van der Waals surface area contributed by atoms with Crippen LogP contribution in [0.15, 0.2) is 12.2 Å². The zero-order valence-corrected chi connectivity index (χ0v) is 20.6. The van der Waals surface area contributed by atoms with Gasteiger partial charge in [0.05, 0.1) is 18.8 Å². The van der Waals surface area contributed by atoms with Crippen LogP contribution in [0.4, 0.5) is 4.79 Å². The maximum Gasteiger partial charge on any atom is 0.407 e. The van der Waals surface area contributed by atoms with E-state index in [-0.39, 0.29) is 36.7 Å². The van der Waals surface area contributed by atoms with E-state index in [1.165, 1.54) is 89.9 Å². The highest BCUT2D eigenvalue weighted by atomic mass is 16.6. The quantitative estimate of drug-likeness (QED) is 0.163. The summed E-state index contributed by atoms with van der Waals surface area (Å²) >= 11 is 0. The van der Waals surface area contributed by atoms with Crippen LogP contribution in [0.3, 0.4) is 0 Å². The first kappa shape index (κ1) is 27.2. The third kappa shape index (κ3) is 10.7. The lowest BCUT2D eigenvalue weighted by molar-refractivity contribution is 0.0831. The van der Waals surface area contributed by atoms with Gasteiger partial charge in [-0.15, -0.1) is 0 Å². The molecule has 186 valence electrons. The molecular weight excluding hydrogens is 402 g/mol. The minimum atomic E-state index is -0.352. The van der Waals surface area contributed by atoms with Crippen molar-refractivity contribution in [2.45, 2.75) is 122 Å². The Morgan fingerprint density at radius 2 is 1.25 bits per heavy atom. The number of carbonyl (C=O) groups excluding carboxylic acids is 1. The molecule has 0 unspecified atom stereocenters. The van der Waals surface area contributed by atoms with Crippen LogP contribution in [-0.4, -0.2) is 43.2 Å². The Hall–Kier alpha value is -1.07. The van der Waals surface area contributed by atoms with Crippen LogP contribution in [0.5, 0.6) is 0 Å². The number of unbranched alkanes of at least 4 members (excludes halogenated alkanes) is 15. The van der Waals surface area contributed by atoms with Crippen molar-refractivity contribution in [2.75, 3.05) is 19.8 Å². The van der Waals surface area contributed by atoms with Crippen molar-refractivity contribution in [1.82, 2.24) is 5.32 Å². The molecule has 0 aromatic carbocycles. The van der Waals surface area contributed by atoms with Crippen molar-refractivity contribution in [2.24, 2.45) is 11.8 Å². The zero-order valence-electron chi connectivity index (χ0n) is 20.6. The number of hydrogen-bond donors (Lipinski definition) is 2. The third-order valence-electron chi connectivity index (χ3n) is 7.12. The molecule has 2 aliphatic heterocycles. The number of ether oxygens (including phenoxy) is 2. The van der Waals surface area contributed by atoms with Crippen molar-refractivity contribution >= 4 is 6.09 Å². The van der Waals surface area contributed by atoms with E-state index in [4.69, 9.17) is 9.47 Å². The maximum atomic E-state index is 11.9. The molecule has 2 rings (SSSR count). The van der Waals surface area contributed by atoms with E-state index in [0.29, 0.717) is 13.2 Å². The van der Waals surface area contributed by atoms with Crippen molar-refractivity contribution in [3.8, 4) is 0 Å². The van der Waals surface area contributed by atoms with Gasteiger partial charge in [-0.05, 0) is 6.42 Å². The molecule has 0 spiro atoms. The molecule has 2 aliphatic rings. The molecule has 5 nitrogen and oxygen atoms in total. The molecule has 1 saturated heterocycles. The van der Waals surface area contributed by atoms with E-state index in [0.717, 1.165) is 12.8 Å². The molecule has 2 bridgehead atoms. The van der Waals surface area contributed by atoms with Crippen LogP contribution in [-0.2, 0) is 9.47 Å². The first-order chi connectivity index (χ1) is 15.8. The maximum absolute atomic E-state index is 11.9. The number of rotatable bonds is 20. The second-order valence-corrected chi connectivity index (χ2v) is 9.79. The highest BCUT2D eigenvalue weighted by molar-refractivity contribution is 5.67. The summed E-state index contributed by atoms with van der Waals surface area (Å²) in [6, 6.07) is 0. The summed E-state index contributed by atoms with van der Waals surface area (Å²) in [5.74, 6) is 0.106. The zero-order chi connectivity index (χ0) is 22.9. The van der Waals surface area contributed by atoms with Gasteiger partial charge in [0.25, 0.3) is 0 Å². The summed E-state index contributed by atoms with van der Waals surface area (Å²) in [6.07, 6.45) is 25.2. The number of carbonyl (C=O) groups is 1. The Kier molecular flexibility index (Phi) is 14.8. The summed E-state index contributed by atoms with van der Waals surface area (Å²) in [4.78, 5) is 11.9. The largest absolute Gasteiger partial charge is 0.449 e. The van der Waals surface area contributed by atoms with Crippen LogP contribution >= 0.6 is 0 Å². The summed E-state index contributed by atoms with van der Waals surface area (Å²) in [5, 5.41) is 12.4. The minimum Gasteiger partial charge on any atom is -0.449 e. The number of aliphatic hydroxyl groups excluding tert-OH is 1. The Morgan fingerprint density at radius 3 is 1.75 bits per heavy atom. The molecule has 5 heteroatoms. The molecule has 1 amide bonds. The smallest absolute Gasteiger partial charge is 0.407 e. The van der Waals surface area contributed by atoms with Crippen LogP contribution in [0.2, 0.25) is 0 Å². The Morgan fingerprint density at radius 1 is 0.781 bits per heavy atom. The topological polar surface area (TPSA) is 67.8 Å². The Balaban J connectivity index is 1.29. The van der Waals surface area contributed by atoms with E-state index in [9.17, 15) is 9.90 Å². The van der Waals surface area contributed by atoms with Crippen molar-refractivity contribution in [3.63, 3.8) is 0 Å². The van der Waals surface area contributed by atoms with Gasteiger partial charge < -0.3 is 19.9 Å². The Labute approximate surface area is 196 Å². The molecule has 32 heavy (non-hydrogen) atoms. The van der Waals surface area contributed by atoms with Crippen LogP contribution in [0.1, 0.15) is 110 Å². The van der Waals surface area contributed by atoms with Crippen LogP contribution in [0.25, 0.3) is 0 Å². The molecule has 0 aliphatic carbocycles. The lowest BCUT2D eigenvalue weighted by atomic mass is 9.84. The number of hydrogen-bond acceptors (Lipinski definition) is 4. The van der Waals surface area contributed by atoms with Gasteiger partial charge in [-0.2, -0.15) is 0 Å². The van der Waals surface area contributed by atoms with Crippen molar-refractivity contribution in [1.29, 1.82) is 0 Å². The second-order valence-electron chi connectivity index (χ2n) is 9.79. The van der Waals surface area contributed by atoms with Gasteiger partial charge in [0.15, 0.2) is 0 Å². The first-order valence-corrected chi connectivity index (χ1v) is 13.6. The fourth-order valence-corrected chi connectivity index (χ4v) is 5.01. The number of fused-ring (bicyclic) bond motifs is 2. The third-order valence-corrected chi connectivity index (χ3v) is 7.12. The second kappa shape index (κ2) is 17.4. The van der Waals surface area contributed by atoms with Crippen molar-refractivity contribution in [3.05, 3.63) is 12.2 Å². The standard InChI is InChI=1S/C27H49NO4/c1-2-3-4-5-6-7-8-9-10-11-12-13-14-15-16-17-20-28-27(30)31-22-24-23(21-29)25-18-19-26(24)32-25/h18-19,23-26,29H,2-17,20-22H2,1H3,(H,28,30)/t23-,24+,25-,26+/m0/s1. The highest BCUT2D eigenvalue weighted by Gasteiger charge is 2.45. The molecular formula is C27H49NO4. The molecule has 0 aromatic rings. The molecule has 2 heterocycles. The monoisotopic (exact) mass is 451 g/mol. The van der Waals surface area contributed by atoms with Crippen LogP contribution < -0.4 is 5.32 Å².